The van der Waals surface area contributed by atoms with Crippen molar-refractivity contribution in [3.05, 3.63) is 54.1 Å². The number of hydrogen-bond donors (Lipinski definition) is 0. The maximum atomic E-state index is 3.89. The van der Waals surface area contributed by atoms with E-state index in [1.165, 1.54) is 27.2 Å². The lowest BCUT2D eigenvalue weighted by Crippen LogP contribution is -2.01. The number of benzene rings is 2. The first kappa shape index (κ1) is 11.1. The molecule has 0 radical (unpaired) electrons. The van der Waals surface area contributed by atoms with E-state index in [-0.39, 0.29) is 0 Å². The van der Waals surface area contributed by atoms with Crippen molar-refractivity contribution in [2.75, 3.05) is 0 Å². The minimum atomic E-state index is 1.20. The van der Waals surface area contributed by atoms with Crippen molar-refractivity contribution in [2.45, 2.75) is 6.92 Å². The van der Waals surface area contributed by atoms with Crippen molar-refractivity contribution in [1.29, 1.82) is 0 Å². The van der Waals surface area contributed by atoms with E-state index < -0.39 is 0 Å². The number of fused-ring (bicyclic) bond motifs is 1. The van der Waals surface area contributed by atoms with Crippen LogP contribution in [0, 0.1) is 0 Å². The average molecular weight is 226 g/mol. The van der Waals surface area contributed by atoms with Crippen molar-refractivity contribution < 1.29 is 0 Å². The van der Waals surface area contributed by atoms with Gasteiger partial charge in [-0.15, -0.1) is 9.24 Å². The Morgan fingerprint density at radius 3 is 2.69 bits per heavy atom. The van der Waals surface area contributed by atoms with E-state index in [0.717, 1.165) is 0 Å². The third-order valence-electron chi connectivity index (χ3n) is 2.71. The van der Waals surface area contributed by atoms with Crippen LogP contribution in [0.2, 0.25) is 0 Å². The van der Waals surface area contributed by atoms with E-state index in [4.69, 9.17) is 0 Å². The normalized spacial score (nSPS) is 11.1. The Balaban J connectivity index is 2.86. The first-order chi connectivity index (χ1) is 7.77. The molecule has 0 heterocycles. The largest absolute Gasteiger partial charge is 0.104 e. The molecular formula is C15H15P. The van der Waals surface area contributed by atoms with Gasteiger partial charge in [0.2, 0.25) is 0 Å². The van der Waals surface area contributed by atoms with Crippen molar-refractivity contribution in [3.63, 3.8) is 0 Å². The maximum absolute atomic E-state index is 3.89. The molecule has 0 aliphatic heterocycles. The molecule has 0 aromatic heterocycles. The fourth-order valence-electron chi connectivity index (χ4n) is 1.96. The molecule has 0 amide bonds. The average Bonchev–Trinajstić information content (AvgIpc) is 2.30. The van der Waals surface area contributed by atoms with Crippen LogP contribution in [0.1, 0.15) is 18.1 Å². The van der Waals surface area contributed by atoms with Crippen LogP contribution >= 0.6 is 9.24 Å². The van der Waals surface area contributed by atoms with Gasteiger partial charge in [0.1, 0.15) is 0 Å². The van der Waals surface area contributed by atoms with Gasteiger partial charge in [0.05, 0.1) is 0 Å². The Labute approximate surface area is 98.9 Å². The van der Waals surface area contributed by atoms with Gasteiger partial charge in [-0.1, -0.05) is 49.1 Å². The number of hydrogen-bond acceptors (Lipinski definition) is 0. The second kappa shape index (κ2) is 4.63. The summed E-state index contributed by atoms with van der Waals surface area (Å²) in [6.45, 7) is 5.93. The Morgan fingerprint density at radius 2 is 2.00 bits per heavy atom. The number of allylic oxidation sites excluding steroid dienone is 1. The molecular weight excluding hydrogens is 211 g/mol. The SMILES string of the molecule is C=Cc1c(/C=C\C)cc2ccccc2c1P. The zero-order chi connectivity index (χ0) is 11.5. The first-order valence-electron chi connectivity index (χ1n) is 5.34. The number of rotatable bonds is 2. The summed E-state index contributed by atoms with van der Waals surface area (Å²) in [6.07, 6.45) is 6.10. The molecule has 0 bridgehead atoms. The molecule has 16 heavy (non-hydrogen) atoms. The molecule has 2 rings (SSSR count). The molecule has 0 nitrogen and oxygen atoms in total. The third-order valence-corrected chi connectivity index (χ3v) is 3.34. The predicted molar refractivity (Wildman–Crippen MR) is 78.1 cm³/mol. The predicted octanol–water partition coefficient (Wildman–Crippen LogP) is 4.02. The van der Waals surface area contributed by atoms with Crippen LogP contribution in [0.15, 0.2) is 43.0 Å². The summed E-state index contributed by atoms with van der Waals surface area (Å²) in [4.78, 5) is 0. The molecule has 80 valence electrons. The monoisotopic (exact) mass is 226 g/mol. The summed E-state index contributed by atoms with van der Waals surface area (Å²) in [5, 5.41) is 3.77. The van der Waals surface area contributed by atoms with Gasteiger partial charge in [-0.25, -0.2) is 0 Å². The highest BCUT2D eigenvalue weighted by atomic mass is 31.0. The van der Waals surface area contributed by atoms with Crippen LogP contribution in [0.4, 0.5) is 0 Å². The fraction of sp³-hybridized carbons (Fsp3) is 0.0667. The Hall–Kier alpha value is -1.39. The molecule has 0 aliphatic carbocycles. The van der Waals surface area contributed by atoms with E-state index in [2.05, 4.69) is 58.3 Å². The Morgan fingerprint density at radius 1 is 1.25 bits per heavy atom. The van der Waals surface area contributed by atoms with Crippen LogP contribution in [-0.4, -0.2) is 0 Å². The minimum absolute atomic E-state index is 1.20. The molecule has 1 heteroatoms. The quantitative estimate of drug-likeness (QED) is 0.678. The van der Waals surface area contributed by atoms with Crippen LogP contribution in [0.5, 0.6) is 0 Å². The summed E-state index contributed by atoms with van der Waals surface area (Å²) >= 11 is 0. The van der Waals surface area contributed by atoms with Gasteiger partial charge in [-0.3, -0.25) is 0 Å². The van der Waals surface area contributed by atoms with Crippen molar-refractivity contribution in [1.82, 2.24) is 0 Å². The van der Waals surface area contributed by atoms with E-state index in [9.17, 15) is 0 Å². The highest BCUT2D eigenvalue weighted by molar-refractivity contribution is 7.28. The highest BCUT2D eigenvalue weighted by Crippen LogP contribution is 2.22. The zero-order valence-corrected chi connectivity index (χ0v) is 10.6. The van der Waals surface area contributed by atoms with Gasteiger partial charge in [0, 0.05) is 0 Å². The van der Waals surface area contributed by atoms with E-state index in [1.807, 2.05) is 13.0 Å². The van der Waals surface area contributed by atoms with Gasteiger partial charge in [-0.05, 0) is 40.2 Å². The molecule has 0 aliphatic rings. The lowest BCUT2D eigenvalue weighted by atomic mass is 10.0. The molecule has 1 unspecified atom stereocenters. The fourth-order valence-corrected chi connectivity index (χ4v) is 2.51. The summed E-state index contributed by atoms with van der Waals surface area (Å²) in [7, 11) is 2.83. The minimum Gasteiger partial charge on any atom is -0.104 e. The van der Waals surface area contributed by atoms with Gasteiger partial charge in [0.15, 0.2) is 0 Å². The first-order valence-corrected chi connectivity index (χ1v) is 5.92. The van der Waals surface area contributed by atoms with Crippen molar-refractivity contribution in [2.24, 2.45) is 0 Å². The molecule has 2 aromatic carbocycles. The molecule has 0 saturated carbocycles. The van der Waals surface area contributed by atoms with E-state index in [0.29, 0.717) is 0 Å². The van der Waals surface area contributed by atoms with E-state index in [1.54, 1.807) is 0 Å². The zero-order valence-electron chi connectivity index (χ0n) is 9.40. The van der Waals surface area contributed by atoms with Gasteiger partial charge >= 0.3 is 0 Å². The molecule has 0 spiro atoms. The van der Waals surface area contributed by atoms with Crippen molar-refractivity contribution in [3.8, 4) is 0 Å². The lowest BCUT2D eigenvalue weighted by molar-refractivity contribution is 1.68. The Kier molecular flexibility index (Phi) is 3.22. The van der Waals surface area contributed by atoms with Crippen LogP contribution in [0.25, 0.3) is 22.9 Å². The molecule has 0 N–H and O–H groups in total. The molecule has 1 atom stereocenters. The second-order valence-electron chi connectivity index (χ2n) is 3.72. The summed E-state index contributed by atoms with van der Waals surface area (Å²) in [5.41, 5.74) is 2.42. The molecule has 2 aromatic rings. The smallest absolute Gasteiger partial charge is 0.0106 e. The Bertz CT molecular complexity index is 565. The summed E-state index contributed by atoms with van der Waals surface area (Å²) < 4.78 is 0. The van der Waals surface area contributed by atoms with Crippen LogP contribution in [-0.2, 0) is 0 Å². The molecule has 0 fully saturated rings. The summed E-state index contributed by atoms with van der Waals surface area (Å²) in [5.74, 6) is 0. The second-order valence-corrected chi connectivity index (χ2v) is 4.30. The topological polar surface area (TPSA) is 0 Å². The van der Waals surface area contributed by atoms with Crippen molar-refractivity contribution >= 4 is 37.5 Å². The lowest BCUT2D eigenvalue weighted by Gasteiger charge is -2.10. The van der Waals surface area contributed by atoms with Crippen LogP contribution < -0.4 is 5.30 Å². The van der Waals surface area contributed by atoms with Crippen LogP contribution in [0.3, 0.4) is 0 Å². The highest BCUT2D eigenvalue weighted by Gasteiger charge is 2.05. The summed E-state index contributed by atoms with van der Waals surface area (Å²) in [6, 6.07) is 10.6. The maximum Gasteiger partial charge on any atom is -0.0106 e. The molecule has 0 saturated heterocycles. The van der Waals surface area contributed by atoms with Gasteiger partial charge in [-0.2, -0.15) is 0 Å². The van der Waals surface area contributed by atoms with Gasteiger partial charge < -0.3 is 0 Å². The third kappa shape index (κ3) is 1.81. The standard InChI is InChI=1S/C15H15P/c1-3-7-11-10-12-8-5-6-9-14(12)15(16)13(11)4-2/h3-10H,2,16H2,1H3/b7-3-. The van der Waals surface area contributed by atoms with E-state index >= 15 is 0 Å². The van der Waals surface area contributed by atoms with Gasteiger partial charge in [0.25, 0.3) is 0 Å².